The van der Waals surface area contributed by atoms with Crippen LogP contribution in [0.2, 0.25) is 0 Å². The highest BCUT2D eigenvalue weighted by Gasteiger charge is 2.31. The van der Waals surface area contributed by atoms with E-state index in [4.69, 9.17) is 17.2 Å². The summed E-state index contributed by atoms with van der Waals surface area (Å²) in [5, 5.41) is 16.8. The fourth-order valence-electron chi connectivity index (χ4n) is 3.32. The molecule has 15 heteroatoms. The van der Waals surface area contributed by atoms with Crippen molar-refractivity contribution in [3.8, 4) is 0 Å². The number of nitrogens with two attached hydrogens (primary N) is 3. The third-order valence-electron chi connectivity index (χ3n) is 5.28. The molecule has 0 saturated heterocycles. The standard InChI is InChI=1S/C22H36N8O7/c1-11(2)7-15(29-19(33)13(23)3-5-17(24)31)20(34)30-16(8-12-9-26-10-27-12)21(35)28-14(22(36)37)4-6-18(25)32/h9-11,13-16H,3-8,23H2,1-2H3,(H2,24,31)(H2,25,32)(H,26,27)(H,28,35)(H,29,33)(H,30,34)(H,36,37). The Kier molecular flexibility index (Phi) is 12.7. The van der Waals surface area contributed by atoms with Crippen molar-refractivity contribution in [3.63, 3.8) is 0 Å². The molecule has 0 aliphatic carbocycles. The Hall–Kier alpha value is -4.01. The number of rotatable bonds is 17. The molecular weight excluding hydrogens is 488 g/mol. The molecule has 5 amide bonds. The minimum atomic E-state index is -1.42. The van der Waals surface area contributed by atoms with Gasteiger partial charge in [0, 0.05) is 31.2 Å². The quantitative estimate of drug-likeness (QED) is 0.106. The van der Waals surface area contributed by atoms with Crippen molar-refractivity contribution in [3.05, 3.63) is 18.2 Å². The topological polar surface area (TPSA) is 265 Å². The first-order chi connectivity index (χ1) is 17.3. The lowest BCUT2D eigenvalue weighted by molar-refractivity contribution is -0.142. The SMILES string of the molecule is CC(C)CC(NC(=O)C(N)CCC(N)=O)C(=O)NC(Cc1cnc[nH]1)C(=O)NC(CCC(N)=O)C(=O)O. The van der Waals surface area contributed by atoms with E-state index in [2.05, 4.69) is 25.9 Å². The molecule has 4 atom stereocenters. The number of nitrogens with zero attached hydrogens (tertiary/aromatic N) is 1. The summed E-state index contributed by atoms with van der Waals surface area (Å²) in [5.41, 5.74) is 16.4. The zero-order valence-corrected chi connectivity index (χ0v) is 20.9. The monoisotopic (exact) mass is 524 g/mol. The van der Waals surface area contributed by atoms with E-state index in [0.29, 0.717) is 5.69 Å². The number of H-pyrrole nitrogens is 1. The van der Waals surface area contributed by atoms with Crippen molar-refractivity contribution in [1.82, 2.24) is 25.9 Å². The van der Waals surface area contributed by atoms with Gasteiger partial charge in [0.2, 0.25) is 29.5 Å². The van der Waals surface area contributed by atoms with E-state index in [0.717, 1.165) is 0 Å². The van der Waals surface area contributed by atoms with E-state index in [1.54, 1.807) is 0 Å². The highest BCUT2D eigenvalue weighted by Crippen LogP contribution is 2.08. The van der Waals surface area contributed by atoms with Gasteiger partial charge in [0.05, 0.1) is 12.4 Å². The van der Waals surface area contributed by atoms with Crippen molar-refractivity contribution in [2.45, 2.75) is 76.5 Å². The first kappa shape index (κ1) is 31.0. The summed E-state index contributed by atoms with van der Waals surface area (Å²) in [7, 11) is 0. The smallest absolute Gasteiger partial charge is 0.326 e. The van der Waals surface area contributed by atoms with E-state index in [1.165, 1.54) is 12.5 Å². The van der Waals surface area contributed by atoms with Crippen molar-refractivity contribution in [2.75, 3.05) is 0 Å². The number of carboxylic acid groups (broad SMARTS) is 1. The second kappa shape index (κ2) is 15.2. The summed E-state index contributed by atoms with van der Waals surface area (Å²) >= 11 is 0. The number of hydrogen-bond donors (Lipinski definition) is 8. The molecule has 0 aliphatic rings. The van der Waals surface area contributed by atoms with Crippen LogP contribution in [0.15, 0.2) is 12.5 Å². The van der Waals surface area contributed by atoms with Gasteiger partial charge in [-0.15, -0.1) is 0 Å². The fourth-order valence-corrected chi connectivity index (χ4v) is 3.32. The molecule has 0 bridgehead atoms. The Labute approximate surface area is 213 Å². The Morgan fingerprint density at radius 1 is 0.892 bits per heavy atom. The second-order valence-electron chi connectivity index (χ2n) is 9.05. The van der Waals surface area contributed by atoms with Crippen LogP contribution in [0.1, 0.15) is 51.6 Å². The molecule has 1 rings (SSSR count). The molecule has 37 heavy (non-hydrogen) atoms. The summed E-state index contributed by atoms with van der Waals surface area (Å²) in [5.74, 6) is -4.97. The number of carbonyl (C=O) groups excluding carboxylic acids is 5. The lowest BCUT2D eigenvalue weighted by Gasteiger charge is -2.26. The van der Waals surface area contributed by atoms with Crippen molar-refractivity contribution < 1.29 is 33.9 Å². The number of nitrogens with one attached hydrogen (secondary N) is 4. The highest BCUT2D eigenvalue weighted by atomic mass is 16.4. The van der Waals surface area contributed by atoms with Crippen LogP contribution in [-0.4, -0.2) is 74.7 Å². The first-order valence-corrected chi connectivity index (χ1v) is 11.7. The minimum Gasteiger partial charge on any atom is -0.480 e. The van der Waals surface area contributed by atoms with Crippen LogP contribution in [0.25, 0.3) is 0 Å². The molecule has 0 spiro atoms. The molecule has 1 heterocycles. The summed E-state index contributed by atoms with van der Waals surface area (Å²) in [6.07, 6.45) is 2.30. The van der Waals surface area contributed by atoms with Gasteiger partial charge in [-0.25, -0.2) is 9.78 Å². The normalized spacial score (nSPS) is 14.2. The van der Waals surface area contributed by atoms with Gasteiger partial charge in [-0.1, -0.05) is 13.8 Å². The maximum Gasteiger partial charge on any atom is 0.326 e. The van der Waals surface area contributed by atoms with Gasteiger partial charge in [-0.2, -0.15) is 0 Å². The van der Waals surface area contributed by atoms with E-state index in [9.17, 15) is 33.9 Å². The largest absolute Gasteiger partial charge is 0.480 e. The molecule has 0 radical (unpaired) electrons. The van der Waals surface area contributed by atoms with Gasteiger partial charge in [0.15, 0.2) is 0 Å². The third-order valence-corrected chi connectivity index (χ3v) is 5.28. The highest BCUT2D eigenvalue weighted by molar-refractivity contribution is 5.94. The molecule has 0 saturated carbocycles. The fraction of sp³-hybridized carbons (Fsp3) is 0.591. The minimum absolute atomic E-state index is 0.0100. The molecule has 11 N–H and O–H groups in total. The molecule has 206 valence electrons. The van der Waals surface area contributed by atoms with Crippen LogP contribution in [0, 0.1) is 5.92 Å². The summed E-state index contributed by atoms with van der Waals surface area (Å²) in [6.45, 7) is 3.65. The van der Waals surface area contributed by atoms with Crippen molar-refractivity contribution >= 4 is 35.5 Å². The summed E-state index contributed by atoms with van der Waals surface area (Å²) in [6, 6.07) is -4.83. The maximum atomic E-state index is 13.2. The number of carbonyl (C=O) groups is 6. The molecule has 0 aliphatic heterocycles. The van der Waals surface area contributed by atoms with Gasteiger partial charge in [0.25, 0.3) is 0 Å². The zero-order valence-electron chi connectivity index (χ0n) is 20.9. The Morgan fingerprint density at radius 3 is 1.95 bits per heavy atom. The van der Waals surface area contributed by atoms with E-state index in [-0.39, 0.29) is 44.4 Å². The average Bonchev–Trinajstić information content (AvgIpc) is 3.31. The van der Waals surface area contributed by atoms with Gasteiger partial charge >= 0.3 is 5.97 Å². The Balaban J connectivity index is 3.04. The van der Waals surface area contributed by atoms with E-state index >= 15 is 0 Å². The molecule has 0 aromatic carbocycles. The predicted molar refractivity (Wildman–Crippen MR) is 130 cm³/mol. The van der Waals surface area contributed by atoms with Gasteiger partial charge in [0.1, 0.15) is 18.1 Å². The van der Waals surface area contributed by atoms with Crippen LogP contribution in [-0.2, 0) is 35.2 Å². The molecular formula is C22H36N8O7. The van der Waals surface area contributed by atoms with E-state index in [1.807, 2.05) is 13.8 Å². The van der Waals surface area contributed by atoms with Crippen LogP contribution in [0.4, 0.5) is 0 Å². The Bertz CT molecular complexity index is 951. The predicted octanol–water partition coefficient (Wildman–Crippen LogP) is -2.60. The second-order valence-corrected chi connectivity index (χ2v) is 9.05. The third kappa shape index (κ3) is 12.0. The summed E-state index contributed by atoms with van der Waals surface area (Å²) < 4.78 is 0. The number of aliphatic carboxylic acids is 1. The first-order valence-electron chi connectivity index (χ1n) is 11.7. The van der Waals surface area contributed by atoms with E-state index < -0.39 is 59.7 Å². The van der Waals surface area contributed by atoms with Gasteiger partial charge in [-0.3, -0.25) is 24.0 Å². The number of aromatic amines is 1. The van der Waals surface area contributed by atoms with Crippen LogP contribution in [0.5, 0.6) is 0 Å². The lowest BCUT2D eigenvalue weighted by Crippen LogP contribution is -2.58. The molecule has 0 fully saturated rings. The van der Waals surface area contributed by atoms with Crippen molar-refractivity contribution in [2.24, 2.45) is 23.1 Å². The number of carboxylic acids is 1. The number of aromatic nitrogens is 2. The van der Waals surface area contributed by atoms with Gasteiger partial charge < -0.3 is 43.2 Å². The number of imidazole rings is 1. The molecule has 15 nitrogen and oxygen atoms in total. The van der Waals surface area contributed by atoms with Crippen LogP contribution < -0.4 is 33.2 Å². The average molecular weight is 525 g/mol. The van der Waals surface area contributed by atoms with Gasteiger partial charge in [-0.05, 0) is 25.2 Å². The lowest BCUT2D eigenvalue weighted by atomic mass is 10.0. The molecule has 4 unspecified atom stereocenters. The number of primary amides is 2. The summed E-state index contributed by atoms with van der Waals surface area (Å²) in [4.78, 5) is 78.9. The Morgan fingerprint density at radius 2 is 1.43 bits per heavy atom. The molecule has 1 aromatic rings. The number of hydrogen-bond acceptors (Lipinski definition) is 8. The zero-order chi connectivity index (χ0) is 28.1. The maximum absolute atomic E-state index is 13.2. The van der Waals surface area contributed by atoms with Crippen LogP contribution >= 0.6 is 0 Å². The van der Waals surface area contributed by atoms with Crippen molar-refractivity contribution in [1.29, 1.82) is 0 Å². The molecule has 1 aromatic heterocycles. The number of amides is 5. The van der Waals surface area contributed by atoms with Crippen LogP contribution in [0.3, 0.4) is 0 Å².